The Morgan fingerprint density at radius 1 is 1.14 bits per heavy atom. The minimum Gasteiger partial charge on any atom is -0.475 e. The molecule has 2 aromatic heterocycles. The molecule has 2 aliphatic heterocycles. The normalized spacial score (nSPS) is 21.8. The Balaban J connectivity index is 0.000000271. The van der Waals surface area contributed by atoms with E-state index in [-0.39, 0.29) is 5.60 Å². The number of nitrogens with zero attached hydrogens (tertiary/aromatic N) is 3. The third-order valence-corrected chi connectivity index (χ3v) is 5.71. The number of alkyl halides is 6. The van der Waals surface area contributed by atoms with Crippen molar-refractivity contribution in [1.29, 1.82) is 0 Å². The van der Waals surface area contributed by atoms with Gasteiger partial charge in [0.2, 0.25) is 5.95 Å². The smallest absolute Gasteiger partial charge is 0.475 e. The number of aromatic nitrogens is 2. The number of carboxylic acid groups (broad SMARTS) is 2. The lowest BCUT2D eigenvalue weighted by atomic mass is 9.97. The number of hydrogen-bond acceptors (Lipinski definition) is 8. The van der Waals surface area contributed by atoms with Gasteiger partial charge in [-0.25, -0.2) is 19.6 Å². The fourth-order valence-corrected chi connectivity index (χ4v) is 4.14. The fourth-order valence-electron chi connectivity index (χ4n) is 3.48. The van der Waals surface area contributed by atoms with E-state index in [2.05, 4.69) is 37.0 Å². The number of aliphatic carboxylic acids is 2. The molecule has 1 spiro atoms. The lowest BCUT2D eigenvalue weighted by molar-refractivity contribution is -0.193. The molecule has 2 aliphatic rings. The largest absolute Gasteiger partial charge is 0.490 e. The summed E-state index contributed by atoms with van der Waals surface area (Å²) in [5.41, 5.74) is 1.43. The third kappa shape index (κ3) is 9.58. The topological polar surface area (TPSA) is 125 Å². The van der Waals surface area contributed by atoms with E-state index in [1.165, 1.54) is 5.56 Å². The first-order valence-corrected chi connectivity index (χ1v) is 11.2. The summed E-state index contributed by atoms with van der Waals surface area (Å²) in [5.74, 6) is -4.82. The number of nitrogens with one attached hydrogen (secondary N) is 1. The van der Waals surface area contributed by atoms with Gasteiger partial charge >= 0.3 is 24.3 Å². The predicted octanol–water partition coefficient (Wildman–Crippen LogP) is 3.65. The van der Waals surface area contributed by atoms with Crippen LogP contribution in [0.5, 0.6) is 0 Å². The van der Waals surface area contributed by atoms with Crippen LogP contribution in [-0.2, 0) is 20.9 Å². The average molecular weight is 544 g/mol. The Labute approximate surface area is 204 Å². The second-order valence-corrected chi connectivity index (χ2v) is 8.59. The Hall–Kier alpha value is -2.98. The Morgan fingerprint density at radius 3 is 2.22 bits per heavy atom. The maximum atomic E-state index is 10.6. The molecule has 3 N–H and O–H groups in total. The summed E-state index contributed by atoms with van der Waals surface area (Å²) in [7, 11) is 0. The summed E-state index contributed by atoms with van der Waals surface area (Å²) in [6.07, 6.45) is -4.49. The molecule has 200 valence electrons. The van der Waals surface area contributed by atoms with Crippen molar-refractivity contribution in [3.8, 4) is 0 Å². The third-order valence-electron chi connectivity index (χ3n) is 4.97. The summed E-state index contributed by atoms with van der Waals surface area (Å²) in [5, 5.41) is 22.0. The van der Waals surface area contributed by atoms with Gasteiger partial charge in [-0.05, 0) is 34.9 Å². The Bertz CT molecular complexity index is 953. The Morgan fingerprint density at radius 2 is 1.72 bits per heavy atom. The molecule has 2 aromatic rings. The van der Waals surface area contributed by atoms with Gasteiger partial charge in [0, 0.05) is 38.4 Å². The van der Waals surface area contributed by atoms with E-state index in [0.717, 1.165) is 39.1 Å². The molecule has 2 saturated heterocycles. The van der Waals surface area contributed by atoms with Gasteiger partial charge in [-0.1, -0.05) is 0 Å². The molecule has 4 rings (SSSR count). The molecule has 2 fully saturated rings. The van der Waals surface area contributed by atoms with Crippen LogP contribution in [-0.4, -0.2) is 80.7 Å². The summed E-state index contributed by atoms with van der Waals surface area (Å²) in [4.78, 5) is 28.8. The lowest BCUT2D eigenvalue weighted by Gasteiger charge is -2.23. The van der Waals surface area contributed by atoms with Crippen molar-refractivity contribution in [1.82, 2.24) is 14.9 Å². The summed E-state index contributed by atoms with van der Waals surface area (Å²) >= 11 is 1.77. The van der Waals surface area contributed by atoms with Crippen LogP contribution in [0.15, 0.2) is 35.3 Å². The molecule has 2 atom stereocenters. The van der Waals surface area contributed by atoms with Crippen LogP contribution < -0.4 is 5.32 Å². The van der Waals surface area contributed by atoms with Gasteiger partial charge < -0.3 is 20.3 Å². The minimum absolute atomic E-state index is 0.0163. The number of thiophene rings is 1. The highest BCUT2D eigenvalue weighted by atomic mass is 32.1. The van der Waals surface area contributed by atoms with Crippen LogP contribution in [0.3, 0.4) is 0 Å². The highest BCUT2D eigenvalue weighted by Crippen LogP contribution is 2.36. The number of halogens is 6. The van der Waals surface area contributed by atoms with Crippen molar-refractivity contribution in [2.45, 2.75) is 43.4 Å². The van der Waals surface area contributed by atoms with E-state index in [0.29, 0.717) is 12.0 Å². The van der Waals surface area contributed by atoms with E-state index in [4.69, 9.17) is 24.5 Å². The van der Waals surface area contributed by atoms with Gasteiger partial charge in [-0.3, -0.25) is 4.90 Å². The van der Waals surface area contributed by atoms with Gasteiger partial charge in [-0.2, -0.15) is 37.7 Å². The zero-order valence-corrected chi connectivity index (χ0v) is 19.2. The monoisotopic (exact) mass is 544 g/mol. The van der Waals surface area contributed by atoms with Gasteiger partial charge in [-0.15, -0.1) is 0 Å². The number of likely N-dealkylation sites (tertiary alicyclic amines) is 1. The van der Waals surface area contributed by atoms with E-state index in [9.17, 15) is 26.3 Å². The number of hydrogen-bond donors (Lipinski definition) is 3. The quantitative estimate of drug-likeness (QED) is 0.495. The first-order valence-electron chi connectivity index (χ1n) is 10.2. The summed E-state index contributed by atoms with van der Waals surface area (Å²) in [6, 6.07) is 4.35. The molecule has 2 unspecified atom stereocenters. The van der Waals surface area contributed by atoms with E-state index >= 15 is 0 Å². The lowest BCUT2D eigenvalue weighted by Crippen LogP contribution is -2.33. The molecule has 0 aliphatic carbocycles. The number of ether oxygens (including phenoxy) is 1. The molecule has 0 radical (unpaired) electrons. The number of anilines is 1. The fraction of sp³-hybridized carbons (Fsp3) is 0.500. The Kier molecular flexibility index (Phi) is 10.0. The van der Waals surface area contributed by atoms with Gasteiger partial charge in [0.1, 0.15) is 0 Å². The molecule has 16 heteroatoms. The predicted molar refractivity (Wildman–Crippen MR) is 114 cm³/mol. The number of rotatable bonds is 4. The average Bonchev–Trinajstić information content (AvgIpc) is 3.52. The van der Waals surface area contributed by atoms with Crippen LogP contribution in [0.1, 0.15) is 18.4 Å². The molecule has 4 heterocycles. The second-order valence-electron chi connectivity index (χ2n) is 7.81. The van der Waals surface area contributed by atoms with E-state index < -0.39 is 24.3 Å². The molecule has 0 amide bonds. The van der Waals surface area contributed by atoms with Crippen molar-refractivity contribution in [3.63, 3.8) is 0 Å². The van der Waals surface area contributed by atoms with Crippen molar-refractivity contribution in [3.05, 3.63) is 40.8 Å². The second kappa shape index (κ2) is 12.3. The minimum atomic E-state index is -5.08. The van der Waals surface area contributed by atoms with Crippen LogP contribution in [0.4, 0.5) is 32.3 Å². The summed E-state index contributed by atoms with van der Waals surface area (Å²) in [6.45, 7) is 3.92. The zero-order valence-electron chi connectivity index (χ0n) is 18.4. The molecule has 9 nitrogen and oxygen atoms in total. The molecule has 0 saturated carbocycles. The number of carbonyl (C=O) groups is 2. The van der Waals surface area contributed by atoms with Crippen molar-refractivity contribution in [2.24, 2.45) is 0 Å². The van der Waals surface area contributed by atoms with Gasteiger partial charge in [0.05, 0.1) is 18.2 Å². The first-order chi connectivity index (χ1) is 16.7. The molecular formula is C20H22F6N4O5S. The maximum Gasteiger partial charge on any atom is 0.490 e. The van der Waals surface area contributed by atoms with Crippen molar-refractivity contribution < 1.29 is 50.9 Å². The van der Waals surface area contributed by atoms with Crippen LogP contribution in [0, 0.1) is 0 Å². The van der Waals surface area contributed by atoms with E-state index in [1.807, 2.05) is 6.07 Å². The SMILES string of the molecule is O=C(O)C(F)(F)F.O=C(O)C(F)(F)F.c1cnc(NC2COC3(CCN(Cc4ccsc4)C3)C2)nc1. The summed E-state index contributed by atoms with van der Waals surface area (Å²) < 4.78 is 69.7. The highest BCUT2D eigenvalue weighted by molar-refractivity contribution is 7.07. The first kappa shape index (κ1) is 29.3. The van der Waals surface area contributed by atoms with Crippen LogP contribution in [0.25, 0.3) is 0 Å². The number of carboxylic acids is 2. The maximum absolute atomic E-state index is 10.6. The van der Waals surface area contributed by atoms with Crippen LogP contribution in [0.2, 0.25) is 0 Å². The zero-order chi connectivity index (χ0) is 27.0. The standard InChI is InChI=1S/C16H20N4OS.2C2HF3O2/c1-4-17-15(18-5-1)19-14-8-16(21-10-14)3-6-20(12-16)9-13-2-7-22-11-13;2*3-2(4,5)1(6)7/h1-2,4-5,7,11,14H,3,6,8-10,12H2,(H,17,18,19);2*(H,6,7). The van der Waals surface area contributed by atoms with Crippen molar-refractivity contribution >= 4 is 29.2 Å². The van der Waals surface area contributed by atoms with Gasteiger partial charge in [0.25, 0.3) is 0 Å². The molecule has 0 bridgehead atoms. The molecular weight excluding hydrogens is 522 g/mol. The van der Waals surface area contributed by atoms with Gasteiger partial charge in [0.15, 0.2) is 0 Å². The molecule has 36 heavy (non-hydrogen) atoms. The molecule has 0 aromatic carbocycles. The van der Waals surface area contributed by atoms with E-state index in [1.54, 1.807) is 23.7 Å². The van der Waals surface area contributed by atoms with Crippen LogP contribution >= 0.6 is 11.3 Å². The highest BCUT2D eigenvalue weighted by Gasteiger charge is 2.45. The van der Waals surface area contributed by atoms with Crippen molar-refractivity contribution in [2.75, 3.05) is 25.0 Å².